The molecule has 0 aliphatic heterocycles. The van der Waals surface area contributed by atoms with E-state index in [0.717, 1.165) is 6.07 Å². The van der Waals surface area contributed by atoms with Crippen LogP contribution >= 0.6 is 0 Å². The maximum Gasteiger partial charge on any atom is 0.416 e. The molecule has 0 bridgehead atoms. The van der Waals surface area contributed by atoms with Crippen LogP contribution in [0.1, 0.15) is 37.3 Å². The van der Waals surface area contributed by atoms with Gasteiger partial charge >= 0.3 is 12.1 Å². The summed E-state index contributed by atoms with van der Waals surface area (Å²) < 4.78 is 40.1. The smallest absolute Gasteiger partial charge is 0.416 e. The first kappa shape index (κ1) is 18.3. The van der Waals surface area contributed by atoms with Crippen molar-refractivity contribution in [2.24, 2.45) is 5.92 Å². The Morgan fingerprint density at radius 3 is 2.54 bits per heavy atom. The number of aliphatic hydroxyl groups excluding tert-OH is 1. The largest absolute Gasteiger partial charge is 0.478 e. The lowest BCUT2D eigenvalue weighted by molar-refractivity contribution is -0.137. The maximum absolute atomic E-state index is 13.4. The summed E-state index contributed by atoms with van der Waals surface area (Å²) in [4.78, 5) is 11.4. The number of aliphatic hydroxyl groups is 1. The summed E-state index contributed by atoms with van der Waals surface area (Å²) in [7, 11) is 0. The summed E-state index contributed by atoms with van der Waals surface area (Å²) in [6.07, 6.45) is -1.67. The van der Waals surface area contributed by atoms with E-state index in [2.05, 4.69) is 0 Å². The van der Waals surface area contributed by atoms with Gasteiger partial charge in [-0.2, -0.15) is 13.2 Å². The Hall–Kier alpha value is -2.08. The summed E-state index contributed by atoms with van der Waals surface area (Å²) in [6, 6.07) is 5.24. The molecule has 0 fully saturated rings. The molecule has 1 unspecified atom stereocenters. The van der Waals surface area contributed by atoms with Crippen molar-refractivity contribution in [1.82, 2.24) is 0 Å². The Kier molecular flexibility index (Phi) is 5.49. The molecule has 1 atom stereocenters. The quantitative estimate of drug-likeness (QED) is 0.841. The Balaban J connectivity index is 2.62. The van der Waals surface area contributed by atoms with Gasteiger partial charge in [0.25, 0.3) is 0 Å². The van der Waals surface area contributed by atoms with Crippen molar-refractivity contribution in [1.29, 1.82) is 0 Å². The van der Waals surface area contributed by atoms with E-state index in [9.17, 15) is 23.1 Å². The normalized spacial score (nSPS) is 18.5. The van der Waals surface area contributed by atoms with Crippen LogP contribution in [0.5, 0.6) is 0 Å². The molecule has 0 saturated heterocycles. The van der Waals surface area contributed by atoms with E-state index in [1.165, 1.54) is 18.2 Å². The van der Waals surface area contributed by atoms with Gasteiger partial charge in [-0.15, -0.1) is 0 Å². The molecule has 0 radical (unpaired) electrons. The first-order chi connectivity index (χ1) is 11.3. The molecule has 2 rings (SSSR count). The van der Waals surface area contributed by atoms with E-state index < -0.39 is 17.7 Å². The third kappa shape index (κ3) is 3.70. The second-order valence-corrected chi connectivity index (χ2v) is 5.80. The number of carboxylic acids is 1. The van der Waals surface area contributed by atoms with Gasteiger partial charge in [0.05, 0.1) is 11.1 Å². The molecule has 0 spiro atoms. The minimum Gasteiger partial charge on any atom is -0.478 e. The summed E-state index contributed by atoms with van der Waals surface area (Å²) in [5.41, 5.74) is 0.0733. The number of carboxylic acid groups (broad SMARTS) is 1. The second-order valence-electron chi connectivity index (χ2n) is 5.80. The first-order valence-corrected chi connectivity index (χ1v) is 7.69. The SMILES string of the molecule is CC1=C(c2ccccc2C(F)(F)F)C(CCCO)CC=C1C(=O)O. The maximum atomic E-state index is 13.4. The van der Waals surface area contributed by atoms with Crippen LogP contribution in [0, 0.1) is 5.92 Å². The fraction of sp³-hybridized carbons (Fsp3) is 0.389. The van der Waals surface area contributed by atoms with E-state index in [0.29, 0.717) is 30.4 Å². The lowest BCUT2D eigenvalue weighted by Crippen LogP contribution is -2.18. The number of halogens is 3. The molecule has 1 aromatic carbocycles. The third-order valence-corrected chi connectivity index (χ3v) is 4.29. The fourth-order valence-electron chi connectivity index (χ4n) is 3.22. The fourth-order valence-corrected chi connectivity index (χ4v) is 3.22. The second kappa shape index (κ2) is 7.21. The molecule has 0 aromatic heterocycles. The Morgan fingerprint density at radius 1 is 1.29 bits per heavy atom. The predicted octanol–water partition coefficient (Wildman–Crippen LogP) is 4.28. The highest BCUT2D eigenvalue weighted by atomic mass is 19.4. The van der Waals surface area contributed by atoms with Crippen molar-refractivity contribution in [3.8, 4) is 0 Å². The highest BCUT2D eigenvalue weighted by Crippen LogP contribution is 2.44. The molecule has 2 N–H and O–H groups in total. The van der Waals surface area contributed by atoms with Gasteiger partial charge in [-0.25, -0.2) is 4.79 Å². The average molecular weight is 340 g/mol. The monoisotopic (exact) mass is 340 g/mol. The Morgan fingerprint density at radius 2 is 1.96 bits per heavy atom. The van der Waals surface area contributed by atoms with Gasteiger partial charge in [0.15, 0.2) is 0 Å². The molecule has 1 aliphatic rings. The van der Waals surface area contributed by atoms with Gasteiger partial charge in [0.1, 0.15) is 0 Å². The molecule has 6 heteroatoms. The molecule has 1 aromatic rings. The molecule has 3 nitrogen and oxygen atoms in total. The summed E-state index contributed by atoms with van der Waals surface area (Å²) in [6.45, 7) is 1.49. The molecular formula is C18H19F3O3. The third-order valence-electron chi connectivity index (χ3n) is 4.29. The molecular weight excluding hydrogens is 321 g/mol. The number of hydrogen-bond donors (Lipinski definition) is 2. The highest BCUT2D eigenvalue weighted by molar-refractivity contribution is 5.96. The molecule has 1 aliphatic carbocycles. The van der Waals surface area contributed by atoms with Gasteiger partial charge in [0, 0.05) is 6.61 Å². The standard InChI is InChI=1S/C18H19F3O3/c1-11-13(17(23)24)9-8-12(5-4-10-22)16(11)14-6-2-3-7-15(14)18(19,20)21/h2-3,6-7,9,12,22H,4-5,8,10H2,1H3,(H,23,24). The van der Waals surface area contributed by atoms with Crippen molar-refractivity contribution in [3.63, 3.8) is 0 Å². The van der Waals surface area contributed by atoms with E-state index >= 15 is 0 Å². The van der Waals surface area contributed by atoms with E-state index in [4.69, 9.17) is 5.11 Å². The van der Waals surface area contributed by atoms with Gasteiger partial charge in [-0.05, 0) is 54.9 Å². The van der Waals surface area contributed by atoms with Gasteiger partial charge in [-0.1, -0.05) is 24.3 Å². The number of rotatable bonds is 5. The van der Waals surface area contributed by atoms with E-state index in [-0.39, 0.29) is 23.7 Å². The van der Waals surface area contributed by atoms with E-state index in [1.807, 2.05) is 0 Å². The van der Waals surface area contributed by atoms with Crippen molar-refractivity contribution < 1.29 is 28.2 Å². The summed E-state index contributed by atoms with van der Waals surface area (Å²) in [5.74, 6) is -1.39. The molecule has 0 heterocycles. The predicted molar refractivity (Wildman–Crippen MR) is 84.2 cm³/mol. The van der Waals surface area contributed by atoms with Gasteiger partial charge in [0.2, 0.25) is 0 Å². The zero-order valence-corrected chi connectivity index (χ0v) is 13.2. The first-order valence-electron chi connectivity index (χ1n) is 7.69. The molecule has 24 heavy (non-hydrogen) atoms. The van der Waals surface area contributed by atoms with Crippen LogP contribution in [-0.2, 0) is 11.0 Å². The minimum atomic E-state index is -4.52. The van der Waals surface area contributed by atoms with Crippen molar-refractivity contribution in [2.45, 2.75) is 32.4 Å². The zero-order valence-electron chi connectivity index (χ0n) is 13.2. The van der Waals surface area contributed by atoms with Crippen LogP contribution in [-0.4, -0.2) is 22.8 Å². The van der Waals surface area contributed by atoms with Crippen molar-refractivity contribution >= 4 is 11.5 Å². The van der Waals surface area contributed by atoms with Crippen LogP contribution in [0.4, 0.5) is 13.2 Å². The molecule has 0 amide bonds. The highest BCUT2D eigenvalue weighted by Gasteiger charge is 2.36. The summed E-state index contributed by atoms with van der Waals surface area (Å²) >= 11 is 0. The number of benzene rings is 1. The van der Waals surface area contributed by atoms with Crippen LogP contribution in [0.3, 0.4) is 0 Å². The average Bonchev–Trinajstić information content (AvgIpc) is 2.51. The van der Waals surface area contributed by atoms with Crippen molar-refractivity contribution in [2.75, 3.05) is 6.61 Å². The molecule has 0 saturated carbocycles. The van der Waals surface area contributed by atoms with Crippen LogP contribution < -0.4 is 0 Å². The number of carbonyl (C=O) groups is 1. The lowest BCUT2D eigenvalue weighted by Gasteiger charge is -2.28. The van der Waals surface area contributed by atoms with E-state index in [1.54, 1.807) is 13.0 Å². The Labute approximate surface area is 138 Å². The van der Waals surface area contributed by atoms with Crippen LogP contribution in [0.2, 0.25) is 0 Å². The van der Waals surface area contributed by atoms with Crippen molar-refractivity contribution in [3.05, 3.63) is 52.6 Å². The minimum absolute atomic E-state index is 0.0253. The molecule has 130 valence electrons. The Bertz CT molecular complexity index is 687. The lowest BCUT2D eigenvalue weighted by atomic mass is 9.76. The van der Waals surface area contributed by atoms with Crippen LogP contribution in [0.25, 0.3) is 5.57 Å². The topological polar surface area (TPSA) is 57.5 Å². The van der Waals surface area contributed by atoms with Gasteiger partial charge in [-0.3, -0.25) is 0 Å². The number of alkyl halides is 3. The number of hydrogen-bond acceptors (Lipinski definition) is 2. The summed E-state index contributed by atoms with van der Waals surface area (Å²) in [5, 5.41) is 18.3. The number of aliphatic carboxylic acids is 1. The van der Waals surface area contributed by atoms with Crippen LogP contribution in [0.15, 0.2) is 41.5 Å². The zero-order chi connectivity index (χ0) is 17.9. The van der Waals surface area contributed by atoms with Gasteiger partial charge < -0.3 is 10.2 Å². The number of allylic oxidation sites excluding steroid dienone is 2.